The number of carbonyl (C=O) groups is 1. The van der Waals surface area contributed by atoms with Crippen molar-refractivity contribution < 1.29 is 18.3 Å². The van der Waals surface area contributed by atoms with Crippen molar-refractivity contribution in [3.63, 3.8) is 0 Å². The molecule has 1 aliphatic rings. The summed E-state index contributed by atoms with van der Waals surface area (Å²) >= 11 is 0. The molecule has 1 aliphatic heterocycles. The third-order valence-electron chi connectivity index (χ3n) is 3.44. The van der Waals surface area contributed by atoms with E-state index in [1.54, 1.807) is 0 Å². The van der Waals surface area contributed by atoms with E-state index in [0.717, 1.165) is 29.7 Å². The number of hydrogen-bond acceptors (Lipinski definition) is 2. The highest BCUT2D eigenvalue weighted by atomic mass is 19.2. The fourth-order valence-electron chi connectivity index (χ4n) is 2.41. The Morgan fingerprint density at radius 2 is 1.90 bits per heavy atom. The Morgan fingerprint density at radius 3 is 2.70 bits per heavy atom. The van der Waals surface area contributed by atoms with Gasteiger partial charge >= 0.3 is 0 Å². The van der Waals surface area contributed by atoms with E-state index >= 15 is 0 Å². The van der Waals surface area contributed by atoms with E-state index in [4.69, 9.17) is 4.74 Å². The third-order valence-corrected chi connectivity index (χ3v) is 3.44. The topological polar surface area (TPSA) is 26.3 Å². The number of Topliss-reactive ketones (excluding diaryl/α,β-unsaturated/α-hetero) is 1. The van der Waals surface area contributed by atoms with Crippen LogP contribution in [0.1, 0.15) is 27.6 Å². The predicted octanol–water partition coefficient (Wildman–Crippen LogP) is 3.46. The molecule has 0 saturated heterocycles. The van der Waals surface area contributed by atoms with Crippen LogP contribution in [-0.4, -0.2) is 12.4 Å². The van der Waals surface area contributed by atoms with Crippen LogP contribution in [0.15, 0.2) is 42.5 Å². The molecule has 1 atom stereocenters. The molecule has 0 saturated carbocycles. The lowest BCUT2D eigenvalue weighted by Gasteiger charge is -2.25. The van der Waals surface area contributed by atoms with Gasteiger partial charge in [-0.3, -0.25) is 4.79 Å². The molecule has 0 spiro atoms. The van der Waals surface area contributed by atoms with Crippen LogP contribution in [0.3, 0.4) is 0 Å². The van der Waals surface area contributed by atoms with Crippen LogP contribution in [0.2, 0.25) is 0 Å². The fourth-order valence-corrected chi connectivity index (χ4v) is 2.41. The number of fused-ring (bicyclic) bond motifs is 1. The van der Waals surface area contributed by atoms with Gasteiger partial charge in [-0.05, 0) is 35.7 Å². The van der Waals surface area contributed by atoms with E-state index in [2.05, 4.69) is 0 Å². The maximum Gasteiger partial charge on any atom is 0.196 e. The van der Waals surface area contributed by atoms with Gasteiger partial charge in [-0.2, -0.15) is 0 Å². The van der Waals surface area contributed by atoms with E-state index in [-0.39, 0.29) is 11.3 Å². The van der Waals surface area contributed by atoms with Gasteiger partial charge in [-0.1, -0.05) is 24.3 Å². The molecule has 0 amide bonds. The van der Waals surface area contributed by atoms with Gasteiger partial charge in [0.2, 0.25) is 0 Å². The van der Waals surface area contributed by atoms with E-state index < -0.39 is 17.7 Å². The number of halogens is 2. The van der Waals surface area contributed by atoms with Crippen molar-refractivity contribution in [1.29, 1.82) is 0 Å². The maximum atomic E-state index is 13.2. The van der Waals surface area contributed by atoms with Crippen molar-refractivity contribution in [2.45, 2.75) is 12.5 Å². The molecule has 4 heteroatoms. The predicted molar refractivity (Wildman–Crippen MR) is 69.5 cm³/mol. The standard InChI is InChI=1S/C16H12F2O2/c17-13-6-5-11(9-14(13)18)15(19)16-12-4-2-1-3-10(12)7-8-20-16/h1-6,9,16H,7-8H2. The Hall–Kier alpha value is -2.07. The molecule has 3 rings (SSSR count). The summed E-state index contributed by atoms with van der Waals surface area (Å²) in [6.45, 7) is 0.442. The molecule has 0 fully saturated rings. The highest BCUT2D eigenvalue weighted by molar-refractivity contribution is 6.00. The fraction of sp³-hybridized carbons (Fsp3) is 0.188. The summed E-state index contributed by atoms with van der Waals surface area (Å²) in [4.78, 5) is 12.4. The smallest absolute Gasteiger partial charge is 0.196 e. The highest BCUT2D eigenvalue weighted by Gasteiger charge is 2.28. The molecular weight excluding hydrogens is 262 g/mol. The van der Waals surface area contributed by atoms with E-state index in [9.17, 15) is 13.6 Å². The van der Waals surface area contributed by atoms with Gasteiger partial charge in [0.25, 0.3) is 0 Å². The van der Waals surface area contributed by atoms with Gasteiger partial charge in [-0.15, -0.1) is 0 Å². The summed E-state index contributed by atoms with van der Waals surface area (Å²) in [5, 5.41) is 0. The van der Waals surface area contributed by atoms with E-state index in [1.807, 2.05) is 24.3 Å². The summed E-state index contributed by atoms with van der Waals surface area (Å²) in [5.41, 5.74) is 1.97. The number of hydrogen-bond donors (Lipinski definition) is 0. The van der Waals surface area contributed by atoms with Gasteiger partial charge in [-0.25, -0.2) is 8.78 Å². The zero-order chi connectivity index (χ0) is 14.1. The van der Waals surface area contributed by atoms with Crippen LogP contribution in [0.25, 0.3) is 0 Å². The summed E-state index contributed by atoms with van der Waals surface area (Å²) in [6, 6.07) is 10.7. The zero-order valence-electron chi connectivity index (χ0n) is 10.6. The number of ketones is 1. The summed E-state index contributed by atoms with van der Waals surface area (Å²) in [7, 11) is 0. The monoisotopic (exact) mass is 274 g/mol. The average Bonchev–Trinajstić information content (AvgIpc) is 2.49. The first-order valence-electron chi connectivity index (χ1n) is 6.35. The van der Waals surface area contributed by atoms with Crippen molar-refractivity contribution in [2.75, 3.05) is 6.61 Å². The van der Waals surface area contributed by atoms with Gasteiger partial charge < -0.3 is 4.74 Å². The van der Waals surface area contributed by atoms with Crippen LogP contribution in [0, 0.1) is 11.6 Å². The molecule has 0 N–H and O–H groups in total. The van der Waals surface area contributed by atoms with Gasteiger partial charge in [0.05, 0.1) is 6.61 Å². The number of carbonyl (C=O) groups excluding carboxylic acids is 1. The van der Waals surface area contributed by atoms with E-state index in [0.29, 0.717) is 6.61 Å². The zero-order valence-corrected chi connectivity index (χ0v) is 10.6. The lowest BCUT2D eigenvalue weighted by atomic mass is 9.92. The van der Waals surface area contributed by atoms with Crippen molar-refractivity contribution in [3.8, 4) is 0 Å². The van der Waals surface area contributed by atoms with Gasteiger partial charge in [0.15, 0.2) is 17.4 Å². The minimum Gasteiger partial charge on any atom is -0.365 e. The third kappa shape index (κ3) is 2.23. The Balaban J connectivity index is 1.97. The number of ether oxygens (including phenoxy) is 1. The van der Waals surface area contributed by atoms with Crippen molar-refractivity contribution >= 4 is 5.78 Å². The van der Waals surface area contributed by atoms with Crippen LogP contribution < -0.4 is 0 Å². The van der Waals surface area contributed by atoms with Crippen LogP contribution in [-0.2, 0) is 11.2 Å². The minimum absolute atomic E-state index is 0.116. The second-order valence-corrected chi connectivity index (χ2v) is 4.69. The van der Waals surface area contributed by atoms with Crippen molar-refractivity contribution in [1.82, 2.24) is 0 Å². The number of benzene rings is 2. The molecule has 0 aliphatic carbocycles. The first-order chi connectivity index (χ1) is 9.66. The molecule has 0 aromatic heterocycles. The highest BCUT2D eigenvalue weighted by Crippen LogP contribution is 2.30. The molecule has 1 heterocycles. The lowest BCUT2D eigenvalue weighted by Crippen LogP contribution is -2.23. The quantitative estimate of drug-likeness (QED) is 0.784. The second-order valence-electron chi connectivity index (χ2n) is 4.69. The first kappa shape index (κ1) is 12.9. The van der Waals surface area contributed by atoms with Crippen LogP contribution in [0.5, 0.6) is 0 Å². The molecule has 0 radical (unpaired) electrons. The summed E-state index contributed by atoms with van der Waals surface area (Å²) < 4.78 is 31.7. The normalized spacial score (nSPS) is 17.6. The molecule has 102 valence electrons. The SMILES string of the molecule is O=C(c1ccc(F)c(F)c1)C1OCCc2ccccc21. The largest absolute Gasteiger partial charge is 0.365 e. The summed E-state index contributed by atoms with van der Waals surface area (Å²) in [5.74, 6) is -2.34. The van der Waals surface area contributed by atoms with Crippen LogP contribution >= 0.6 is 0 Å². The van der Waals surface area contributed by atoms with Crippen molar-refractivity contribution in [2.24, 2.45) is 0 Å². The molecule has 1 unspecified atom stereocenters. The molecule has 0 bridgehead atoms. The average molecular weight is 274 g/mol. The van der Waals surface area contributed by atoms with Gasteiger partial charge in [0, 0.05) is 5.56 Å². The Bertz CT molecular complexity index is 667. The molecule has 20 heavy (non-hydrogen) atoms. The first-order valence-corrected chi connectivity index (χ1v) is 6.35. The minimum atomic E-state index is -1.03. The molecule has 2 aromatic rings. The lowest BCUT2D eigenvalue weighted by molar-refractivity contribution is 0.0348. The Kier molecular flexibility index (Phi) is 3.32. The molecule has 2 nitrogen and oxygen atoms in total. The maximum absolute atomic E-state index is 13.2. The Labute approximate surface area is 115 Å². The number of rotatable bonds is 2. The Morgan fingerprint density at radius 1 is 1.10 bits per heavy atom. The van der Waals surface area contributed by atoms with Gasteiger partial charge in [0.1, 0.15) is 6.10 Å². The van der Waals surface area contributed by atoms with E-state index in [1.165, 1.54) is 6.07 Å². The molecular formula is C16H12F2O2. The summed E-state index contributed by atoms with van der Waals surface area (Å²) in [6.07, 6.45) is 0.00221. The second kappa shape index (κ2) is 5.13. The van der Waals surface area contributed by atoms with Crippen LogP contribution in [0.4, 0.5) is 8.78 Å². The molecule has 2 aromatic carbocycles. The van der Waals surface area contributed by atoms with Crippen molar-refractivity contribution in [3.05, 3.63) is 70.8 Å².